The first-order valence-corrected chi connectivity index (χ1v) is 11.7. The van der Waals surface area contributed by atoms with Crippen LogP contribution < -0.4 is 0 Å². The van der Waals surface area contributed by atoms with E-state index in [1.165, 1.54) is 4.90 Å². The van der Waals surface area contributed by atoms with E-state index >= 15 is 0 Å². The maximum absolute atomic E-state index is 13.9. The Morgan fingerprint density at radius 2 is 1.82 bits per heavy atom. The molecule has 1 fully saturated rings. The molecule has 0 spiro atoms. The van der Waals surface area contributed by atoms with Crippen LogP contribution in [0.2, 0.25) is 10.0 Å². The Balaban J connectivity index is 2.24. The molecule has 1 aliphatic rings. The highest BCUT2D eigenvalue weighted by Gasteiger charge is 2.53. The largest absolute Gasteiger partial charge is 0.480 e. The average Bonchev–Trinajstić information content (AvgIpc) is 2.77. The maximum Gasteiger partial charge on any atom is 0.326 e. The van der Waals surface area contributed by atoms with E-state index in [-0.39, 0.29) is 24.7 Å². The summed E-state index contributed by atoms with van der Waals surface area (Å²) >= 11 is 12.4. The number of amides is 1. The topological polar surface area (TPSA) is 98.1 Å². The molecule has 0 aliphatic carbocycles. The first-order valence-electron chi connectivity index (χ1n) is 11.0. The predicted octanol–water partition coefficient (Wildman–Crippen LogP) is 4.66. The molecule has 3 rings (SSSR count). The molecule has 6 nitrogen and oxygen atoms in total. The lowest BCUT2D eigenvalue weighted by Gasteiger charge is -2.51. The number of nitrogens with zero attached hydrogens (tertiary/aromatic N) is 1. The molecule has 3 N–H and O–H groups in total. The van der Waals surface area contributed by atoms with E-state index in [9.17, 15) is 24.9 Å². The van der Waals surface area contributed by atoms with Crippen LogP contribution in [0.15, 0.2) is 48.5 Å². The number of benzene rings is 2. The van der Waals surface area contributed by atoms with Crippen molar-refractivity contribution in [2.45, 2.75) is 57.2 Å². The summed E-state index contributed by atoms with van der Waals surface area (Å²) in [6, 6.07) is 12.8. The van der Waals surface area contributed by atoms with E-state index in [0.29, 0.717) is 16.5 Å². The van der Waals surface area contributed by atoms with Crippen LogP contribution in [0, 0.1) is 5.41 Å². The van der Waals surface area contributed by atoms with Crippen LogP contribution >= 0.6 is 23.2 Å². The molecule has 1 aliphatic heterocycles. The predicted molar refractivity (Wildman–Crippen MR) is 127 cm³/mol. The number of aliphatic hydroxyl groups is 2. The number of carbonyl (C=O) groups excluding carboxylic acids is 1. The van der Waals surface area contributed by atoms with Crippen molar-refractivity contribution in [3.05, 3.63) is 69.7 Å². The SMILES string of the molecule is CCC(C(=O)O)N1C(=O)[C@@](C)(CC(O)CO)C[C@H](c2cccc(Cl)c2)[C@H]1c1ccc(Cl)cc1. The van der Waals surface area contributed by atoms with Gasteiger partial charge in [-0.05, 0) is 54.7 Å². The fourth-order valence-electron chi connectivity index (χ4n) is 4.99. The van der Waals surface area contributed by atoms with Crippen LogP contribution in [0.4, 0.5) is 0 Å². The van der Waals surface area contributed by atoms with E-state index in [2.05, 4.69) is 0 Å². The van der Waals surface area contributed by atoms with Gasteiger partial charge in [0.1, 0.15) is 6.04 Å². The Kier molecular flexibility index (Phi) is 8.06. The highest BCUT2D eigenvalue weighted by Crippen LogP contribution is 2.52. The highest BCUT2D eigenvalue weighted by atomic mass is 35.5. The quantitative estimate of drug-likeness (QED) is 0.496. The van der Waals surface area contributed by atoms with Crippen LogP contribution in [-0.2, 0) is 9.59 Å². The maximum atomic E-state index is 13.9. The van der Waals surface area contributed by atoms with E-state index in [0.717, 1.165) is 11.1 Å². The van der Waals surface area contributed by atoms with Crippen molar-refractivity contribution in [1.29, 1.82) is 0 Å². The molecule has 8 heteroatoms. The number of piperidine rings is 1. The minimum Gasteiger partial charge on any atom is -0.480 e. The van der Waals surface area contributed by atoms with Gasteiger partial charge in [-0.25, -0.2) is 4.79 Å². The number of aliphatic hydroxyl groups excluding tert-OH is 2. The smallest absolute Gasteiger partial charge is 0.326 e. The fourth-order valence-corrected chi connectivity index (χ4v) is 5.31. The van der Waals surface area contributed by atoms with Gasteiger partial charge in [0.15, 0.2) is 0 Å². The molecule has 2 aromatic carbocycles. The number of hydrogen-bond donors (Lipinski definition) is 3. The van der Waals surface area contributed by atoms with Gasteiger partial charge in [0.2, 0.25) is 5.91 Å². The number of carbonyl (C=O) groups is 2. The molecule has 5 atom stereocenters. The molecular weight excluding hydrogens is 465 g/mol. The van der Waals surface area contributed by atoms with Crippen molar-refractivity contribution >= 4 is 35.1 Å². The molecule has 2 unspecified atom stereocenters. The second kappa shape index (κ2) is 10.4. The Morgan fingerprint density at radius 1 is 1.15 bits per heavy atom. The van der Waals surface area contributed by atoms with Gasteiger partial charge in [0, 0.05) is 21.4 Å². The number of likely N-dealkylation sites (tertiary alicyclic amines) is 1. The second-order valence-corrected chi connectivity index (χ2v) is 9.81. The van der Waals surface area contributed by atoms with E-state index in [4.69, 9.17) is 23.2 Å². The van der Waals surface area contributed by atoms with Crippen LogP contribution in [0.5, 0.6) is 0 Å². The molecule has 1 heterocycles. The summed E-state index contributed by atoms with van der Waals surface area (Å²) in [5.41, 5.74) is 0.549. The van der Waals surface area contributed by atoms with Gasteiger partial charge in [-0.2, -0.15) is 0 Å². The van der Waals surface area contributed by atoms with Gasteiger partial charge in [-0.15, -0.1) is 0 Å². The van der Waals surface area contributed by atoms with E-state index in [1.807, 2.05) is 30.3 Å². The fraction of sp³-hybridized carbons (Fsp3) is 0.440. The third kappa shape index (κ3) is 5.35. The molecule has 1 saturated heterocycles. The van der Waals surface area contributed by atoms with Crippen LogP contribution in [-0.4, -0.2) is 50.8 Å². The van der Waals surface area contributed by atoms with Gasteiger partial charge in [0.25, 0.3) is 0 Å². The highest BCUT2D eigenvalue weighted by molar-refractivity contribution is 6.30. The van der Waals surface area contributed by atoms with Gasteiger partial charge >= 0.3 is 5.97 Å². The number of halogens is 2. The van der Waals surface area contributed by atoms with Crippen LogP contribution in [0.3, 0.4) is 0 Å². The van der Waals surface area contributed by atoms with Crippen molar-refractivity contribution in [2.24, 2.45) is 5.41 Å². The van der Waals surface area contributed by atoms with Crippen molar-refractivity contribution in [3.63, 3.8) is 0 Å². The first kappa shape index (κ1) is 25.5. The van der Waals surface area contributed by atoms with Crippen molar-refractivity contribution < 1.29 is 24.9 Å². The molecule has 0 aromatic heterocycles. The zero-order chi connectivity index (χ0) is 24.3. The zero-order valence-electron chi connectivity index (χ0n) is 18.6. The molecule has 2 aromatic rings. The lowest BCUT2D eigenvalue weighted by molar-refractivity contribution is -0.166. The van der Waals surface area contributed by atoms with E-state index < -0.39 is 36.2 Å². The number of carboxylic acids is 1. The van der Waals surface area contributed by atoms with Crippen molar-refractivity contribution in [2.75, 3.05) is 6.61 Å². The minimum absolute atomic E-state index is 0.0132. The number of rotatable bonds is 8. The third-order valence-corrected chi connectivity index (χ3v) is 6.98. The first-order chi connectivity index (χ1) is 15.6. The van der Waals surface area contributed by atoms with Gasteiger partial charge in [-0.3, -0.25) is 4.79 Å². The summed E-state index contributed by atoms with van der Waals surface area (Å²) in [5.74, 6) is -1.75. The van der Waals surface area contributed by atoms with E-state index in [1.54, 1.807) is 32.0 Å². The standard InChI is InChI=1S/C25H29Cl2NO5/c1-3-21(23(31)32)28-22(15-7-9-17(26)10-8-15)20(16-5-4-6-18(27)11-16)13-25(2,24(28)33)12-19(30)14-29/h4-11,19-22,29-30H,3,12-14H2,1-2H3,(H,31,32)/t19?,20-,21?,22-,25+/m1/s1. The number of carboxylic acid groups (broad SMARTS) is 1. The van der Waals surface area contributed by atoms with Crippen molar-refractivity contribution in [1.82, 2.24) is 4.90 Å². The van der Waals surface area contributed by atoms with Crippen molar-refractivity contribution in [3.8, 4) is 0 Å². The average molecular weight is 494 g/mol. The third-order valence-electron chi connectivity index (χ3n) is 6.49. The normalized spacial score (nSPS) is 25.0. The zero-order valence-corrected chi connectivity index (χ0v) is 20.1. The summed E-state index contributed by atoms with van der Waals surface area (Å²) in [6.07, 6.45) is -0.521. The molecule has 1 amide bonds. The summed E-state index contributed by atoms with van der Waals surface area (Å²) < 4.78 is 0. The van der Waals surface area contributed by atoms with Gasteiger partial charge < -0.3 is 20.2 Å². The molecule has 0 radical (unpaired) electrons. The van der Waals surface area contributed by atoms with Gasteiger partial charge in [0.05, 0.1) is 18.8 Å². The number of hydrogen-bond acceptors (Lipinski definition) is 4. The van der Waals surface area contributed by atoms with Crippen LogP contribution in [0.1, 0.15) is 56.2 Å². The lowest BCUT2D eigenvalue weighted by Crippen LogP contribution is -2.58. The minimum atomic E-state index is -1.10. The summed E-state index contributed by atoms with van der Waals surface area (Å²) in [6.45, 7) is 2.97. The Morgan fingerprint density at radius 3 is 2.36 bits per heavy atom. The Bertz CT molecular complexity index is 999. The molecule has 33 heavy (non-hydrogen) atoms. The van der Waals surface area contributed by atoms with Crippen LogP contribution in [0.25, 0.3) is 0 Å². The summed E-state index contributed by atoms with van der Waals surface area (Å²) in [4.78, 5) is 27.6. The molecular formula is C25H29Cl2NO5. The molecule has 0 bridgehead atoms. The second-order valence-electron chi connectivity index (χ2n) is 8.94. The Hall–Kier alpha value is -2.12. The number of aliphatic carboxylic acids is 1. The lowest BCUT2D eigenvalue weighted by atomic mass is 9.66. The molecule has 0 saturated carbocycles. The monoisotopic (exact) mass is 493 g/mol. The summed E-state index contributed by atoms with van der Waals surface area (Å²) in [5, 5.41) is 30.8. The molecule has 178 valence electrons. The van der Waals surface area contributed by atoms with Gasteiger partial charge in [-0.1, -0.05) is 61.3 Å². The summed E-state index contributed by atoms with van der Waals surface area (Å²) in [7, 11) is 0. The Labute approximate surface area is 203 Å².